The molecule has 0 unspecified atom stereocenters. The first-order valence-corrected chi connectivity index (χ1v) is 16.7. The van der Waals surface area contributed by atoms with E-state index in [1.165, 1.54) is 0 Å². The number of fused-ring (bicyclic) bond motifs is 4. The molecule has 4 nitrogen and oxygen atoms in total. The van der Waals surface area contributed by atoms with Crippen LogP contribution in [0.15, 0.2) is 185 Å². The van der Waals surface area contributed by atoms with E-state index in [0.717, 1.165) is 95.4 Å². The normalized spacial score (nSPS) is 12.1. The smallest absolute Gasteiger partial charge is 0.151 e. The Labute approximate surface area is 289 Å². The van der Waals surface area contributed by atoms with Crippen molar-refractivity contribution in [3.63, 3.8) is 0 Å². The number of hydrogen-bond acceptors (Lipinski definition) is 4. The zero-order chi connectivity index (χ0) is 33.0. The number of nitrogens with zero attached hydrogens (tertiary/aromatic N) is 1. The molecule has 0 radical (unpaired) electrons. The van der Waals surface area contributed by atoms with Gasteiger partial charge in [-0.05, 0) is 71.8 Å². The fraction of sp³-hybridized carbons (Fsp3) is 0. The van der Waals surface area contributed by atoms with Gasteiger partial charge in [-0.3, -0.25) is 0 Å². The van der Waals surface area contributed by atoms with Crippen LogP contribution in [0.2, 0.25) is 0 Å². The highest BCUT2D eigenvalue weighted by Gasteiger charge is 2.31. The lowest BCUT2D eigenvalue weighted by molar-refractivity contribution is 0.477. The number of para-hydroxylation sites is 3. The Balaban J connectivity index is 1.25. The predicted molar refractivity (Wildman–Crippen MR) is 202 cm³/mol. The third-order valence-corrected chi connectivity index (χ3v) is 9.47. The zero-order valence-electron chi connectivity index (χ0n) is 26.9. The lowest BCUT2D eigenvalue weighted by Gasteiger charge is -2.36. The average molecular weight is 644 g/mol. The van der Waals surface area contributed by atoms with E-state index in [1.807, 2.05) is 48.5 Å². The summed E-state index contributed by atoms with van der Waals surface area (Å²) in [7, 11) is 0. The van der Waals surface area contributed by atoms with Crippen molar-refractivity contribution in [3.8, 4) is 56.4 Å². The fourth-order valence-electron chi connectivity index (χ4n) is 7.09. The van der Waals surface area contributed by atoms with E-state index in [0.29, 0.717) is 0 Å². The van der Waals surface area contributed by atoms with E-state index in [1.54, 1.807) is 0 Å². The molecule has 0 atom stereocenters. The van der Waals surface area contributed by atoms with Crippen LogP contribution in [-0.2, 0) is 0 Å². The molecule has 4 heteroatoms. The molecule has 0 saturated carbocycles. The van der Waals surface area contributed by atoms with Crippen molar-refractivity contribution in [1.82, 2.24) is 0 Å². The molecule has 2 aromatic heterocycles. The van der Waals surface area contributed by atoms with Gasteiger partial charge in [-0.2, -0.15) is 0 Å². The van der Waals surface area contributed by atoms with Crippen molar-refractivity contribution in [2.75, 3.05) is 4.90 Å². The molecular weight excluding hydrogens is 615 g/mol. The maximum Gasteiger partial charge on any atom is 0.151 e. The largest absolute Gasteiger partial charge is 0.456 e. The third-order valence-electron chi connectivity index (χ3n) is 9.47. The summed E-state index contributed by atoms with van der Waals surface area (Å²) in [5.41, 5.74) is 11.0. The second kappa shape index (κ2) is 11.4. The number of benzene rings is 7. The molecule has 1 aliphatic rings. The quantitative estimate of drug-likeness (QED) is 0.187. The molecule has 236 valence electrons. The molecule has 3 heterocycles. The summed E-state index contributed by atoms with van der Waals surface area (Å²) in [5, 5.41) is 2.13. The van der Waals surface area contributed by atoms with Crippen molar-refractivity contribution in [2.24, 2.45) is 0 Å². The molecule has 0 spiro atoms. The van der Waals surface area contributed by atoms with Gasteiger partial charge in [-0.1, -0.05) is 115 Å². The first-order valence-electron chi connectivity index (χ1n) is 16.7. The third kappa shape index (κ3) is 4.69. The first kappa shape index (κ1) is 28.3. The Kier molecular flexibility index (Phi) is 6.46. The number of anilines is 3. The highest BCUT2D eigenvalue weighted by molar-refractivity contribution is 6.01. The summed E-state index contributed by atoms with van der Waals surface area (Å²) in [4.78, 5) is 2.36. The minimum absolute atomic E-state index is 0.760. The topological polar surface area (TPSA) is 38.8 Å². The van der Waals surface area contributed by atoms with Crippen LogP contribution in [0.1, 0.15) is 0 Å². The summed E-state index contributed by atoms with van der Waals surface area (Å²) in [6.45, 7) is 0. The number of ether oxygens (including phenoxy) is 1. The predicted octanol–water partition coefficient (Wildman–Crippen LogP) is 13.4. The highest BCUT2D eigenvalue weighted by Crippen LogP contribution is 2.56. The monoisotopic (exact) mass is 643 g/mol. The summed E-state index contributed by atoms with van der Waals surface area (Å²) in [6, 6.07) is 60.8. The standard InChI is InChI=1S/C46H29NO3/c1-3-12-30(13-4-1)36-18-11-19-37(31-14-5-2-6-15-31)46(36)47-38-26-34(44-28-32-16-7-9-20-40(32)48-44)22-24-42(38)50-43-25-23-35(27-39(43)47)45-29-33-17-8-10-21-41(33)49-45/h1-29H. The lowest BCUT2D eigenvalue weighted by atomic mass is 9.93. The molecule has 50 heavy (non-hydrogen) atoms. The Morgan fingerprint density at radius 2 is 0.820 bits per heavy atom. The maximum atomic E-state index is 6.72. The molecule has 10 rings (SSSR count). The van der Waals surface area contributed by atoms with Crippen molar-refractivity contribution < 1.29 is 13.6 Å². The van der Waals surface area contributed by atoms with Crippen LogP contribution in [0, 0.1) is 0 Å². The van der Waals surface area contributed by atoms with Crippen LogP contribution >= 0.6 is 0 Å². The van der Waals surface area contributed by atoms with E-state index in [2.05, 4.69) is 132 Å². The van der Waals surface area contributed by atoms with E-state index in [4.69, 9.17) is 13.6 Å². The van der Waals surface area contributed by atoms with Crippen molar-refractivity contribution >= 4 is 39.0 Å². The van der Waals surface area contributed by atoms with Crippen molar-refractivity contribution in [1.29, 1.82) is 0 Å². The van der Waals surface area contributed by atoms with Gasteiger partial charge < -0.3 is 18.5 Å². The Morgan fingerprint density at radius 3 is 1.30 bits per heavy atom. The van der Waals surface area contributed by atoms with Gasteiger partial charge in [0.2, 0.25) is 0 Å². The van der Waals surface area contributed by atoms with Crippen LogP contribution in [0.5, 0.6) is 11.5 Å². The first-order chi connectivity index (χ1) is 24.8. The molecule has 1 aliphatic heterocycles. The van der Waals surface area contributed by atoms with Gasteiger partial charge in [0.05, 0.1) is 17.1 Å². The Bertz CT molecular complexity index is 2440. The maximum absolute atomic E-state index is 6.72. The Hall–Kier alpha value is -6.78. The second-order valence-corrected chi connectivity index (χ2v) is 12.5. The average Bonchev–Trinajstić information content (AvgIpc) is 3.82. The molecule has 9 aromatic rings. The van der Waals surface area contributed by atoms with Crippen LogP contribution in [0.3, 0.4) is 0 Å². The van der Waals surface area contributed by atoms with Gasteiger partial charge in [-0.15, -0.1) is 0 Å². The molecule has 0 bridgehead atoms. The minimum Gasteiger partial charge on any atom is -0.456 e. The Morgan fingerprint density at radius 1 is 0.360 bits per heavy atom. The summed E-state index contributed by atoms with van der Waals surface area (Å²) in [6.07, 6.45) is 0. The fourth-order valence-corrected chi connectivity index (χ4v) is 7.09. The number of furan rings is 2. The van der Waals surface area contributed by atoms with Gasteiger partial charge in [0.1, 0.15) is 22.7 Å². The van der Waals surface area contributed by atoms with Gasteiger partial charge in [0.25, 0.3) is 0 Å². The van der Waals surface area contributed by atoms with Crippen LogP contribution in [-0.4, -0.2) is 0 Å². The molecule has 0 amide bonds. The lowest BCUT2D eigenvalue weighted by Crippen LogP contribution is -2.18. The van der Waals surface area contributed by atoms with Crippen LogP contribution in [0.4, 0.5) is 17.1 Å². The molecule has 0 fully saturated rings. The van der Waals surface area contributed by atoms with Gasteiger partial charge in [-0.25, -0.2) is 0 Å². The van der Waals surface area contributed by atoms with Gasteiger partial charge in [0, 0.05) is 33.0 Å². The molecule has 0 N–H and O–H groups in total. The highest BCUT2D eigenvalue weighted by atomic mass is 16.5. The molecular formula is C46H29NO3. The van der Waals surface area contributed by atoms with Crippen LogP contribution < -0.4 is 9.64 Å². The SMILES string of the molecule is c1ccc(-c2cccc(-c3ccccc3)c2N2c3cc(-c4cc5ccccc5o4)ccc3Oc3ccc(-c4cc5ccccc5o4)cc32)cc1. The van der Waals surface area contributed by atoms with E-state index in [9.17, 15) is 0 Å². The van der Waals surface area contributed by atoms with E-state index < -0.39 is 0 Å². The number of rotatable bonds is 5. The summed E-state index contributed by atoms with van der Waals surface area (Å²) in [5.74, 6) is 3.12. The zero-order valence-corrected chi connectivity index (χ0v) is 26.9. The van der Waals surface area contributed by atoms with Gasteiger partial charge >= 0.3 is 0 Å². The van der Waals surface area contributed by atoms with Gasteiger partial charge in [0.15, 0.2) is 11.5 Å². The van der Waals surface area contributed by atoms with E-state index >= 15 is 0 Å². The minimum atomic E-state index is 0.760. The second-order valence-electron chi connectivity index (χ2n) is 12.5. The molecule has 0 aliphatic carbocycles. The molecule has 7 aromatic carbocycles. The van der Waals surface area contributed by atoms with Crippen LogP contribution in [0.25, 0.3) is 66.8 Å². The van der Waals surface area contributed by atoms with Crippen molar-refractivity contribution in [2.45, 2.75) is 0 Å². The van der Waals surface area contributed by atoms with E-state index in [-0.39, 0.29) is 0 Å². The number of hydrogen-bond donors (Lipinski definition) is 0. The summed E-state index contributed by atoms with van der Waals surface area (Å²) < 4.78 is 19.5. The summed E-state index contributed by atoms with van der Waals surface area (Å²) >= 11 is 0. The van der Waals surface area contributed by atoms with Crippen molar-refractivity contribution in [3.05, 3.63) is 176 Å². The molecule has 0 saturated heterocycles.